The van der Waals surface area contributed by atoms with E-state index in [1.54, 1.807) is 12.7 Å². The summed E-state index contributed by atoms with van der Waals surface area (Å²) >= 11 is 0. The van der Waals surface area contributed by atoms with Crippen LogP contribution in [0.3, 0.4) is 0 Å². The molecular weight excluding hydrogens is 1170 g/mol. The van der Waals surface area contributed by atoms with Gasteiger partial charge in [-0.15, -0.1) is 0 Å². The van der Waals surface area contributed by atoms with E-state index in [0.717, 1.165) is 97.7 Å². The van der Waals surface area contributed by atoms with Crippen molar-refractivity contribution >= 4 is 58.1 Å². The molecular formula is C76H117N13O5. The Kier molecular flexibility index (Phi) is 39.3. The Labute approximate surface area is 563 Å². The van der Waals surface area contributed by atoms with Gasteiger partial charge in [0.1, 0.15) is 13.2 Å². The third-order valence-electron chi connectivity index (χ3n) is 16.2. The van der Waals surface area contributed by atoms with Gasteiger partial charge >= 0.3 is 12.2 Å². The molecule has 6 aromatic rings. The molecule has 94 heavy (non-hydrogen) atoms. The first-order valence-electron chi connectivity index (χ1n) is 35.9. The summed E-state index contributed by atoms with van der Waals surface area (Å²) in [6.07, 6.45) is 51.0. The first kappa shape index (κ1) is 76.9. The molecule has 4 heterocycles. The molecule has 0 radical (unpaired) electrons. The number of amides is 1. The van der Waals surface area contributed by atoms with E-state index in [2.05, 4.69) is 158 Å². The van der Waals surface area contributed by atoms with Crippen molar-refractivity contribution in [3.63, 3.8) is 0 Å². The Hall–Kier alpha value is -7.76. The topological polar surface area (TPSA) is 209 Å². The molecule has 0 unspecified atom stereocenters. The van der Waals surface area contributed by atoms with Crippen LogP contribution in [-0.4, -0.2) is 89.7 Å². The first-order chi connectivity index (χ1) is 46.0. The summed E-state index contributed by atoms with van der Waals surface area (Å²) < 4.78 is 20.4. The largest absolute Gasteiger partial charge is 0.508 e. The van der Waals surface area contributed by atoms with Gasteiger partial charge in [0, 0.05) is 31.7 Å². The number of aromatic nitrogens is 8. The van der Waals surface area contributed by atoms with Crippen molar-refractivity contribution < 1.29 is 23.8 Å². The smallest absolute Gasteiger partial charge is 0.447 e. The summed E-state index contributed by atoms with van der Waals surface area (Å²) in [7, 11) is 0. The molecule has 0 aliphatic heterocycles. The van der Waals surface area contributed by atoms with Crippen LogP contribution in [0.2, 0.25) is 0 Å². The monoisotopic (exact) mass is 1290 g/mol. The number of anilines is 4. The Morgan fingerprint density at radius 3 is 1.30 bits per heavy atom. The summed E-state index contributed by atoms with van der Waals surface area (Å²) in [6.45, 7) is 19.6. The molecule has 18 heteroatoms. The highest BCUT2D eigenvalue weighted by Crippen LogP contribution is 2.27. The molecule has 0 fully saturated rings. The van der Waals surface area contributed by atoms with Crippen LogP contribution in [0.1, 0.15) is 246 Å². The molecule has 0 bridgehead atoms. The van der Waals surface area contributed by atoms with Gasteiger partial charge in [-0.2, -0.15) is 19.9 Å². The Bertz CT molecular complexity index is 2880. The second kappa shape index (κ2) is 48.0. The Morgan fingerprint density at radius 1 is 0.468 bits per heavy atom. The number of ether oxygens (including phenoxy) is 3. The predicted molar refractivity (Wildman–Crippen MR) is 390 cm³/mol. The van der Waals surface area contributed by atoms with E-state index < -0.39 is 6.16 Å². The molecule has 5 N–H and O–H groups in total. The number of carbonyl (C=O) groups excluding carboxylic acids is 2. The van der Waals surface area contributed by atoms with Gasteiger partial charge in [-0.1, -0.05) is 214 Å². The van der Waals surface area contributed by atoms with Crippen LogP contribution in [0.15, 0.2) is 122 Å². The van der Waals surface area contributed by atoms with Crippen LogP contribution in [0.4, 0.5) is 33.1 Å². The fourth-order valence-corrected chi connectivity index (χ4v) is 10.4. The summed E-state index contributed by atoms with van der Waals surface area (Å²) in [5.74, 6) is 2.26. The van der Waals surface area contributed by atoms with Gasteiger partial charge in [0.15, 0.2) is 34.0 Å². The predicted octanol–water partition coefficient (Wildman–Crippen LogP) is 19.9. The zero-order valence-electron chi connectivity index (χ0n) is 58.6. The average Bonchev–Trinajstić information content (AvgIpc) is 1.62. The van der Waals surface area contributed by atoms with Gasteiger partial charge in [-0.05, 0) is 129 Å². The number of nitrogens with one attached hydrogen (secondary N) is 5. The number of carbonyl (C=O) groups is 2. The molecule has 2 aromatic carbocycles. The normalized spacial score (nSPS) is 12.4. The lowest BCUT2D eigenvalue weighted by molar-refractivity contribution is 0.0511. The molecule has 2 atom stereocenters. The van der Waals surface area contributed by atoms with Crippen molar-refractivity contribution in [1.82, 2.24) is 44.4 Å². The summed E-state index contributed by atoms with van der Waals surface area (Å²) in [5, 5.41) is 16.5. The van der Waals surface area contributed by atoms with Gasteiger partial charge in [0.2, 0.25) is 11.9 Å². The van der Waals surface area contributed by atoms with Gasteiger partial charge in [0.25, 0.3) is 0 Å². The zero-order chi connectivity index (χ0) is 67.1. The molecule has 1 amide bonds. The zero-order valence-corrected chi connectivity index (χ0v) is 58.6. The lowest BCUT2D eigenvalue weighted by atomic mass is 10.1. The number of imidazole rings is 2. The number of hydrogen-bond donors (Lipinski definition) is 5. The summed E-state index contributed by atoms with van der Waals surface area (Å²) in [4.78, 5) is 52.9. The molecule has 4 aromatic heterocycles. The maximum atomic E-state index is 12.4. The quantitative estimate of drug-likeness (QED) is 0.0137. The highest BCUT2D eigenvalue weighted by Gasteiger charge is 2.20. The molecule has 516 valence electrons. The minimum absolute atomic E-state index is 0.127. The number of nitrogens with zero attached hydrogens (tertiary/aromatic N) is 8. The van der Waals surface area contributed by atoms with Gasteiger partial charge in [-0.3, -0.25) is 0 Å². The number of unbranched alkanes of at least 4 members (excludes halogenated alkanes) is 18. The minimum Gasteiger partial charge on any atom is -0.447 e. The molecule has 0 saturated heterocycles. The van der Waals surface area contributed by atoms with Crippen molar-refractivity contribution in [1.29, 1.82) is 0 Å². The fourth-order valence-electron chi connectivity index (χ4n) is 10.4. The van der Waals surface area contributed by atoms with Crippen molar-refractivity contribution in [2.24, 2.45) is 0 Å². The van der Waals surface area contributed by atoms with Crippen LogP contribution in [0.5, 0.6) is 0 Å². The fraction of sp³-hybridized carbons (Fsp3) is 0.579. The van der Waals surface area contributed by atoms with Crippen molar-refractivity contribution in [3.8, 4) is 0 Å². The Balaban J connectivity index is 0.000000341. The number of allylic oxidation sites excluding steroid dienone is 8. The molecule has 18 nitrogen and oxygen atoms in total. The van der Waals surface area contributed by atoms with Crippen LogP contribution in [-0.2, 0) is 27.3 Å². The van der Waals surface area contributed by atoms with E-state index >= 15 is 0 Å². The molecule has 0 aliphatic rings. The van der Waals surface area contributed by atoms with E-state index in [4.69, 9.17) is 34.1 Å². The molecule has 6 rings (SSSR count). The van der Waals surface area contributed by atoms with Crippen molar-refractivity contribution in [2.75, 3.05) is 47.6 Å². The highest BCUT2D eigenvalue weighted by molar-refractivity contribution is 5.85. The summed E-state index contributed by atoms with van der Waals surface area (Å²) in [6, 6.07) is 20.5. The van der Waals surface area contributed by atoms with Crippen LogP contribution < -0.4 is 26.6 Å². The van der Waals surface area contributed by atoms with Gasteiger partial charge < -0.3 is 49.9 Å². The molecule has 0 spiro atoms. The van der Waals surface area contributed by atoms with Crippen LogP contribution in [0, 0.1) is 0 Å². The highest BCUT2D eigenvalue weighted by atomic mass is 16.7. The number of alkyl carbamates (subject to hydrolysis) is 1. The number of hydrogen-bond acceptors (Lipinski definition) is 15. The van der Waals surface area contributed by atoms with Gasteiger partial charge in [0.05, 0.1) is 31.3 Å². The van der Waals surface area contributed by atoms with E-state index in [-0.39, 0.29) is 43.5 Å². The summed E-state index contributed by atoms with van der Waals surface area (Å²) in [5.41, 5.74) is 5.25. The number of benzene rings is 2. The number of fused-ring (bicyclic) bond motifs is 2. The van der Waals surface area contributed by atoms with Crippen LogP contribution >= 0.6 is 0 Å². The molecule has 0 saturated carbocycles. The standard InChI is InChI=1S/C38H59N7O2.C38H58N6O3/c1-5-7-8-9-10-11-12-13-14-15-16-17-18-19-20-24-27-39-38(46)47-29-33(6-2)42-37-43-35(40-28-32-25-22-21-23-26-32)34-36(44-37)45(30-41-34)31(3)4;1-5-7-8-9-10-11-12-13-14-15-16-17-18-19-20-24-27-46-38(45)47-29-33(6-2)41-37-42-35(39-28-32-25-22-21-23-26-32)34-36(43-37)44(30-40-34)31(3)4/h10-11,13-14,21-23,25-26,30-31,33H,5-9,12,15-20,24,27-29H2,1-4H3,(H,39,46)(H2,40,42,43,44);10-11,13-14,21-23,25-26,30-31,33H,5-9,12,15-20,24,27-29H2,1-4H3,(H2,39,41,42,43)/b2*11-10-,14-13-/t2*33-/m11/s1. The Morgan fingerprint density at radius 2 is 0.872 bits per heavy atom. The molecule has 0 aliphatic carbocycles. The van der Waals surface area contributed by atoms with E-state index in [0.29, 0.717) is 49.8 Å². The van der Waals surface area contributed by atoms with E-state index in [9.17, 15) is 9.59 Å². The average molecular weight is 1290 g/mol. The lowest BCUT2D eigenvalue weighted by Gasteiger charge is -2.18. The third-order valence-corrected chi connectivity index (χ3v) is 16.2. The maximum Gasteiger partial charge on any atom is 0.508 e. The van der Waals surface area contributed by atoms with Crippen LogP contribution in [0.25, 0.3) is 22.3 Å². The van der Waals surface area contributed by atoms with Crippen molar-refractivity contribution in [3.05, 3.63) is 133 Å². The number of rotatable bonds is 48. The van der Waals surface area contributed by atoms with Gasteiger partial charge in [-0.25, -0.2) is 19.6 Å². The first-order valence-corrected chi connectivity index (χ1v) is 35.9. The third kappa shape index (κ3) is 31.4. The SMILES string of the molecule is CCCCC/C=C\C/C=C\CCCCCCCCNC(=O)OC[C@@H](CC)Nc1nc(NCc2ccccc2)c2ncn(C(C)C)c2n1.CCCCC/C=C\C/C=C\CCCCCCCCOC(=O)OC[C@@H](CC)Nc1nc(NCc2ccccc2)c2ncn(C(C)C)c2n1. The second-order valence-electron chi connectivity index (χ2n) is 24.9. The van der Waals surface area contributed by atoms with E-state index in [1.165, 1.54) is 103 Å². The maximum absolute atomic E-state index is 12.4. The lowest BCUT2D eigenvalue weighted by Crippen LogP contribution is -2.32. The van der Waals surface area contributed by atoms with Crippen molar-refractivity contribution in [2.45, 2.75) is 260 Å². The minimum atomic E-state index is -0.632. The second-order valence-corrected chi connectivity index (χ2v) is 24.9. The van der Waals surface area contributed by atoms with E-state index in [1.807, 2.05) is 52.5 Å².